The summed E-state index contributed by atoms with van der Waals surface area (Å²) in [5.74, 6) is 0.0563. The number of likely N-dealkylation sites (tertiary alicyclic amines) is 1. The molecule has 0 amide bonds. The zero-order valence-electron chi connectivity index (χ0n) is 24.2. The molecular formula is C34H33BrClNO6S. The number of hydrogen-bond acceptors (Lipinski definition) is 6. The Bertz CT molecular complexity index is 1750. The molecule has 1 fully saturated rings. The molecule has 44 heavy (non-hydrogen) atoms. The monoisotopic (exact) mass is 697 g/mol. The molecule has 4 aromatic carbocycles. The summed E-state index contributed by atoms with van der Waals surface area (Å²) in [6.07, 6.45) is 3.51. The van der Waals surface area contributed by atoms with E-state index in [0.29, 0.717) is 41.6 Å². The van der Waals surface area contributed by atoms with E-state index in [0.717, 1.165) is 39.6 Å². The Morgan fingerprint density at radius 3 is 2.43 bits per heavy atom. The Morgan fingerprint density at radius 1 is 0.932 bits per heavy atom. The van der Waals surface area contributed by atoms with Gasteiger partial charge in [0.05, 0.1) is 9.92 Å². The van der Waals surface area contributed by atoms with E-state index in [1.165, 1.54) is 6.26 Å². The van der Waals surface area contributed by atoms with Crippen LogP contribution in [0, 0.1) is 0 Å². The number of carboxylic acids is 1. The number of nitrogens with zero attached hydrogens (tertiary/aromatic N) is 1. The van der Waals surface area contributed by atoms with Crippen molar-refractivity contribution < 1.29 is 27.8 Å². The number of hydrogen-bond donors (Lipinski definition) is 1. The zero-order chi connectivity index (χ0) is 31.3. The first kappa shape index (κ1) is 32.0. The van der Waals surface area contributed by atoms with Crippen molar-refractivity contribution in [2.24, 2.45) is 0 Å². The number of sulfone groups is 1. The molecule has 10 heteroatoms. The minimum Gasteiger partial charge on any atom is -0.488 e. The molecule has 7 nitrogen and oxygen atoms in total. The van der Waals surface area contributed by atoms with Crippen molar-refractivity contribution >= 4 is 43.3 Å². The fourth-order valence-corrected chi connectivity index (χ4v) is 6.88. The van der Waals surface area contributed by atoms with Crippen molar-refractivity contribution in [3.05, 3.63) is 111 Å². The summed E-state index contributed by atoms with van der Waals surface area (Å²) in [4.78, 5) is 14.1. The lowest BCUT2D eigenvalue weighted by Gasteiger charge is -2.33. The molecule has 4 aromatic rings. The van der Waals surface area contributed by atoms with Crippen LogP contribution in [-0.4, -0.2) is 43.2 Å². The fourth-order valence-electron chi connectivity index (χ4n) is 5.34. The Morgan fingerprint density at radius 2 is 1.68 bits per heavy atom. The van der Waals surface area contributed by atoms with E-state index < -0.39 is 21.8 Å². The van der Waals surface area contributed by atoms with Crippen molar-refractivity contribution in [1.29, 1.82) is 0 Å². The number of carboxylic acid groups (broad SMARTS) is 1. The summed E-state index contributed by atoms with van der Waals surface area (Å²) < 4.78 is 37.6. The molecule has 0 saturated carbocycles. The number of aliphatic carboxylic acids is 1. The van der Waals surface area contributed by atoms with E-state index in [9.17, 15) is 18.3 Å². The molecule has 5 rings (SSSR count). The van der Waals surface area contributed by atoms with Crippen molar-refractivity contribution in [3.63, 3.8) is 0 Å². The summed E-state index contributed by atoms with van der Waals surface area (Å²) in [5, 5.41) is 10.2. The average molecular weight is 699 g/mol. The second-order valence-electron chi connectivity index (χ2n) is 10.9. The van der Waals surface area contributed by atoms with Gasteiger partial charge >= 0.3 is 5.97 Å². The van der Waals surface area contributed by atoms with Gasteiger partial charge in [-0.2, -0.15) is 0 Å². The molecule has 0 aliphatic carbocycles. The number of halogens is 2. The topological polar surface area (TPSA) is 93.1 Å². The summed E-state index contributed by atoms with van der Waals surface area (Å²) >= 11 is 10.5. The van der Waals surface area contributed by atoms with Crippen LogP contribution in [0.1, 0.15) is 36.0 Å². The first-order chi connectivity index (χ1) is 21.1. The molecule has 1 atom stereocenters. The Balaban J connectivity index is 1.42. The Labute approximate surface area is 271 Å². The normalized spacial score (nSPS) is 15.6. The minimum absolute atomic E-state index is 0.102. The molecule has 1 aliphatic heterocycles. The molecule has 1 heterocycles. The van der Waals surface area contributed by atoms with Gasteiger partial charge in [-0.05, 0) is 70.2 Å². The average Bonchev–Trinajstić information content (AvgIpc) is 3.01. The lowest BCUT2D eigenvalue weighted by molar-refractivity contribution is -0.144. The first-order valence-corrected chi connectivity index (χ1v) is 17.3. The summed E-state index contributed by atoms with van der Waals surface area (Å²) in [7, 11) is -3.38. The molecule has 1 N–H and O–H groups in total. The van der Waals surface area contributed by atoms with Crippen molar-refractivity contribution in [2.45, 2.75) is 50.0 Å². The van der Waals surface area contributed by atoms with Gasteiger partial charge in [-0.25, -0.2) is 8.42 Å². The van der Waals surface area contributed by atoms with Crippen LogP contribution in [0.3, 0.4) is 0 Å². The molecular weight excluding hydrogens is 666 g/mol. The summed E-state index contributed by atoms with van der Waals surface area (Å²) in [6, 6.07) is 25.6. The highest BCUT2D eigenvalue weighted by Crippen LogP contribution is 2.37. The number of piperidine rings is 1. The lowest BCUT2D eigenvalue weighted by Crippen LogP contribution is -2.44. The maximum atomic E-state index is 12.1. The SMILES string of the molecule is CS(=O)(=O)c1cccc(COc2cc(OCc3cccc(-c4ccccc4)c3Br)c(Cl)cc2CN2CCCC[C@H]2C(=O)O)c1. The molecule has 1 aliphatic rings. The predicted octanol–water partition coefficient (Wildman–Crippen LogP) is 7.77. The van der Waals surface area contributed by atoms with E-state index in [-0.39, 0.29) is 18.1 Å². The van der Waals surface area contributed by atoms with E-state index in [1.54, 1.807) is 36.4 Å². The number of ether oxygens (including phenoxy) is 2. The molecule has 0 unspecified atom stereocenters. The predicted molar refractivity (Wildman–Crippen MR) is 175 cm³/mol. The second kappa shape index (κ2) is 14.2. The fraction of sp³-hybridized carbons (Fsp3) is 0.265. The lowest BCUT2D eigenvalue weighted by atomic mass is 10.0. The number of rotatable bonds is 11. The third kappa shape index (κ3) is 7.82. The number of carbonyl (C=O) groups is 1. The van der Waals surface area contributed by atoms with Crippen LogP contribution in [0.4, 0.5) is 0 Å². The molecule has 0 radical (unpaired) electrons. The molecule has 0 spiro atoms. The Kier molecular flexibility index (Phi) is 10.3. The van der Waals surface area contributed by atoms with Crippen molar-refractivity contribution in [1.82, 2.24) is 4.90 Å². The highest BCUT2D eigenvalue weighted by atomic mass is 79.9. The van der Waals surface area contributed by atoms with Gasteiger partial charge in [0.2, 0.25) is 0 Å². The van der Waals surface area contributed by atoms with Gasteiger partial charge in [-0.1, -0.05) is 78.7 Å². The molecule has 1 saturated heterocycles. The van der Waals surface area contributed by atoms with Gasteiger partial charge in [0.1, 0.15) is 30.8 Å². The van der Waals surface area contributed by atoms with E-state index in [4.69, 9.17) is 21.1 Å². The van der Waals surface area contributed by atoms with Crippen LogP contribution in [-0.2, 0) is 34.4 Å². The third-order valence-electron chi connectivity index (χ3n) is 7.65. The summed E-state index contributed by atoms with van der Waals surface area (Å²) in [5.41, 5.74) is 4.46. The minimum atomic E-state index is -3.38. The maximum absolute atomic E-state index is 12.1. The van der Waals surface area contributed by atoms with Gasteiger partial charge in [0, 0.05) is 34.5 Å². The molecule has 0 aromatic heterocycles. The van der Waals surface area contributed by atoms with Gasteiger partial charge in [0.25, 0.3) is 0 Å². The standard InChI is InChI=1S/C34H33BrClNO6S/c1-44(40,41)27-13-7-9-23(17-27)21-42-31-19-32(29(36)18-26(31)20-37-16-6-5-15-30(37)34(38)39)43-22-25-12-8-14-28(33(25)35)24-10-3-2-4-11-24/h2-4,7-14,17-19,30H,5-6,15-16,20-22H2,1H3,(H,38,39)/t30-/m0/s1. The van der Waals surface area contributed by atoms with Gasteiger partial charge in [0.15, 0.2) is 9.84 Å². The van der Waals surface area contributed by atoms with Crippen LogP contribution in [0.5, 0.6) is 11.5 Å². The smallest absolute Gasteiger partial charge is 0.320 e. The summed E-state index contributed by atoms with van der Waals surface area (Å²) in [6.45, 7) is 1.32. The zero-order valence-corrected chi connectivity index (χ0v) is 27.4. The van der Waals surface area contributed by atoms with Gasteiger partial charge in [-0.3, -0.25) is 9.69 Å². The highest BCUT2D eigenvalue weighted by Gasteiger charge is 2.29. The van der Waals surface area contributed by atoms with Crippen LogP contribution in [0.2, 0.25) is 5.02 Å². The molecule has 0 bridgehead atoms. The van der Waals surface area contributed by atoms with E-state index in [2.05, 4.69) is 15.9 Å². The Hall–Kier alpha value is -3.37. The van der Waals surface area contributed by atoms with Crippen molar-refractivity contribution in [2.75, 3.05) is 12.8 Å². The largest absolute Gasteiger partial charge is 0.488 e. The van der Waals surface area contributed by atoms with E-state index in [1.807, 2.05) is 53.4 Å². The quantitative estimate of drug-likeness (QED) is 0.171. The van der Waals surface area contributed by atoms with E-state index >= 15 is 0 Å². The maximum Gasteiger partial charge on any atom is 0.320 e. The van der Waals surface area contributed by atoms with Crippen LogP contribution >= 0.6 is 27.5 Å². The van der Waals surface area contributed by atoms with Gasteiger partial charge < -0.3 is 14.6 Å². The van der Waals surface area contributed by atoms with Crippen LogP contribution < -0.4 is 9.47 Å². The van der Waals surface area contributed by atoms with Crippen LogP contribution in [0.15, 0.2) is 94.3 Å². The number of benzene rings is 4. The highest BCUT2D eigenvalue weighted by molar-refractivity contribution is 9.10. The van der Waals surface area contributed by atoms with Crippen LogP contribution in [0.25, 0.3) is 11.1 Å². The second-order valence-corrected chi connectivity index (χ2v) is 14.1. The van der Waals surface area contributed by atoms with Crippen molar-refractivity contribution in [3.8, 4) is 22.6 Å². The van der Waals surface area contributed by atoms with Gasteiger partial charge in [-0.15, -0.1) is 0 Å². The first-order valence-electron chi connectivity index (χ1n) is 14.3. The molecule has 230 valence electrons. The third-order valence-corrected chi connectivity index (χ3v) is 10.00.